The molecule has 2 N–H and O–H groups in total. The van der Waals surface area contributed by atoms with Crippen LogP contribution in [0.15, 0.2) is 77.7 Å². The fraction of sp³-hybridized carbons (Fsp3) is 0.276. The van der Waals surface area contributed by atoms with Gasteiger partial charge in [-0.1, -0.05) is 12.1 Å². The second-order valence-electron chi connectivity index (χ2n) is 9.32. The van der Waals surface area contributed by atoms with E-state index in [1.807, 2.05) is 0 Å². The van der Waals surface area contributed by atoms with Crippen LogP contribution in [0.25, 0.3) is 0 Å². The van der Waals surface area contributed by atoms with E-state index in [1.54, 1.807) is 36.4 Å². The van der Waals surface area contributed by atoms with E-state index >= 15 is 0 Å². The number of sulfonamides is 1. The molecule has 1 atom stereocenters. The van der Waals surface area contributed by atoms with Crippen LogP contribution in [0.3, 0.4) is 0 Å². The summed E-state index contributed by atoms with van der Waals surface area (Å²) in [6.45, 7) is -0.130. The lowest BCUT2D eigenvalue weighted by molar-refractivity contribution is -0.126. The molecule has 1 saturated heterocycles. The van der Waals surface area contributed by atoms with Crippen molar-refractivity contribution in [1.29, 1.82) is 0 Å². The number of hydrogen-bond donors (Lipinski definition) is 2. The van der Waals surface area contributed by atoms with E-state index in [9.17, 15) is 22.8 Å². The topological polar surface area (TPSA) is 144 Å². The van der Waals surface area contributed by atoms with Crippen molar-refractivity contribution < 1.29 is 37.0 Å². The van der Waals surface area contributed by atoms with Crippen LogP contribution in [0, 0.1) is 0 Å². The maximum atomic E-state index is 13.7. The Morgan fingerprint density at radius 3 is 2.21 bits per heavy atom. The summed E-state index contributed by atoms with van der Waals surface area (Å²) in [5, 5.41) is 5.53. The van der Waals surface area contributed by atoms with Gasteiger partial charge in [-0.2, -0.15) is 4.31 Å². The molecule has 3 amide bonds. The first-order valence-corrected chi connectivity index (χ1v) is 14.4. The fourth-order valence-corrected chi connectivity index (χ4v) is 6.00. The highest BCUT2D eigenvalue weighted by molar-refractivity contribution is 7.89. The van der Waals surface area contributed by atoms with Crippen molar-refractivity contribution in [2.24, 2.45) is 0 Å². The number of ether oxygens (including phenoxy) is 3. The maximum Gasteiger partial charge on any atom is 0.337 e. The Hall–Kier alpha value is -4.62. The molecule has 1 aliphatic rings. The van der Waals surface area contributed by atoms with Crippen molar-refractivity contribution in [3.63, 3.8) is 0 Å². The Morgan fingerprint density at radius 1 is 0.881 bits per heavy atom. The number of rotatable bonds is 9. The predicted molar refractivity (Wildman–Crippen MR) is 154 cm³/mol. The van der Waals surface area contributed by atoms with Crippen LogP contribution in [-0.4, -0.2) is 82.5 Å². The van der Waals surface area contributed by atoms with Gasteiger partial charge in [0.05, 0.1) is 31.8 Å². The highest BCUT2D eigenvalue weighted by atomic mass is 32.2. The minimum atomic E-state index is -4.10. The molecule has 1 fully saturated rings. The molecule has 13 heteroatoms. The Labute approximate surface area is 244 Å². The summed E-state index contributed by atoms with van der Waals surface area (Å²) in [5.74, 6) is 0.0351. The van der Waals surface area contributed by atoms with E-state index in [1.165, 1.54) is 62.6 Å². The predicted octanol–water partition coefficient (Wildman–Crippen LogP) is 2.71. The highest BCUT2D eigenvalue weighted by Gasteiger charge is 2.41. The first-order valence-electron chi connectivity index (χ1n) is 13.0. The number of esters is 1. The third-order valence-corrected chi connectivity index (χ3v) is 8.67. The summed E-state index contributed by atoms with van der Waals surface area (Å²) in [6.07, 6.45) is 0. The third kappa shape index (κ3) is 6.98. The number of piperazine rings is 1. The number of nitrogens with zero attached hydrogens (tertiary/aromatic N) is 2. The Kier molecular flexibility index (Phi) is 9.65. The number of nitrogens with one attached hydrogen (secondary N) is 2. The number of methoxy groups -OCH3 is 3. The summed E-state index contributed by atoms with van der Waals surface area (Å²) in [4.78, 5) is 39.7. The molecule has 222 valence electrons. The van der Waals surface area contributed by atoms with E-state index in [0.717, 1.165) is 9.87 Å². The van der Waals surface area contributed by atoms with Gasteiger partial charge in [0.25, 0.3) is 0 Å². The fourth-order valence-electron chi connectivity index (χ4n) is 4.43. The Bertz CT molecular complexity index is 1530. The molecular weight excluding hydrogens is 564 g/mol. The minimum Gasteiger partial charge on any atom is -0.497 e. The molecule has 0 spiro atoms. The zero-order chi connectivity index (χ0) is 30.3. The van der Waals surface area contributed by atoms with Gasteiger partial charge < -0.3 is 29.7 Å². The van der Waals surface area contributed by atoms with Crippen LogP contribution in [0.4, 0.5) is 10.5 Å². The molecule has 4 rings (SSSR count). The molecule has 1 heterocycles. The van der Waals surface area contributed by atoms with Crippen molar-refractivity contribution in [2.45, 2.75) is 17.5 Å². The molecule has 0 bridgehead atoms. The molecule has 42 heavy (non-hydrogen) atoms. The average Bonchev–Trinajstić information content (AvgIpc) is 3.03. The van der Waals surface area contributed by atoms with Gasteiger partial charge in [-0.15, -0.1) is 0 Å². The number of carbonyl (C=O) groups excluding carboxylic acids is 3. The number of anilines is 1. The quantitative estimate of drug-likeness (QED) is 0.359. The van der Waals surface area contributed by atoms with E-state index < -0.39 is 34.0 Å². The molecule has 0 radical (unpaired) electrons. The van der Waals surface area contributed by atoms with E-state index in [2.05, 4.69) is 15.4 Å². The van der Waals surface area contributed by atoms with E-state index in [0.29, 0.717) is 22.7 Å². The van der Waals surface area contributed by atoms with Gasteiger partial charge in [-0.3, -0.25) is 4.79 Å². The SMILES string of the molecule is COC(=O)c1ccc(NC(=O)N2CCN(S(=O)(=O)c3ccc(OC)cc3)C(C(=O)NCc3cccc(OC)c3)C2)cc1. The van der Waals surface area contributed by atoms with Gasteiger partial charge >= 0.3 is 12.0 Å². The van der Waals surface area contributed by atoms with Crippen LogP contribution < -0.4 is 20.1 Å². The van der Waals surface area contributed by atoms with Crippen LogP contribution in [0.1, 0.15) is 15.9 Å². The smallest absolute Gasteiger partial charge is 0.337 e. The average molecular weight is 597 g/mol. The first kappa shape index (κ1) is 30.3. The molecule has 3 aromatic carbocycles. The summed E-state index contributed by atoms with van der Waals surface area (Å²) in [6, 6.07) is 17.4. The second-order valence-corrected chi connectivity index (χ2v) is 11.2. The lowest BCUT2D eigenvalue weighted by atomic mass is 10.1. The zero-order valence-electron chi connectivity index (χ0n) is 23.4. The summed E-state index contributed by atoms with van der Waals surface area (Å²) < 4.78 is 43.5. The largest absolute Gasteiger partial charge is 0.497 e. The molecule has 0 saturated carbocycles. The molecule has 12 nitrogen and oxygen atoms in total. The van der Waals surface area contributed by atoms with Crippen LogP contribution in [0.5, 0.6) is 11.5 Å². The van der Waals surface area contributed by atoms with Gasteiger partial charge in [-0.05, 0) is 66.2 Å². The van der Waals surface area contributed by atoms with Gasteiger partial charge in [0.1, 0.15) is 17.5 Å². The normalized spacial score (nSPS) is 15.4. The van der Waals surface area contributed by atoms with Crippen molar-refractivity contribution in [3.05, 3.63) is 83.9 Å². The monoisotopic (exact) mass is 596 g/mol. The first-order chi connectivity index (χ1) is 20.2. The standard InChI is InChI=1S/C29H32N4O8S/c1-39-23-11-13-25(14-12-23)42(37,38)33-16-15-32(29(36)31-22-9-7-21(8-10-22)28(35)41-3)19-26(33)27(34)30-18-20-5-4-6-24(17-20)40-2/h4-14,17,26H,15-16,18-19H2,1-3H3,(H,30,34)(H,31,36). The number of amides is 3. The number of urea groups is 1. The zero-order valence-corrected chi connectivity index (χ0v) is 24.2. The molecule has 0 aliphatic carbocycles. The Balaban J connectivity index is 1.54. The van der Waals surface area contributed by atoms with Crippen molar-refractivity contribution in [3.8, 4) is 11.5 Å². The van der Waals surface area contributed by atoms with Gasteiger partial charge in [-0.25, -0.2) is 18.0 Å². The number of hydrogen-bond acceptors (Lipinski definition) is 8. The third-order valence-electron chi connectivity index (χ3n) is 6.75. The summed E-state index contributed by atoms with van der Waals surface area (Å²) in [5.41, 5.74) is 1.49. The minimum absolute atomic E-state index is 0.00232. The van der Waals surface area contributed by atoms with Gasteiger partial charge in [0.2, 0.25) is 15.9 Å². The second kappa shape index (κ2) is 13.4. The van der Waals surface area contributed by atoms with Crippen molar-refractivity contribution >= 4 is 33.6 Å². The molecule has 1 unspecified atom stereocenters. The lowest BCUT2D eigenvalue weighted by Gasteiger charge is -2.39. The number of carbonyl (C=O) groups is 3. The summed E-state index contributed by atoms with van der Waals surface area (Å²) in [7, 11) is 0.183. The maximum absolute atomic E-state index is 13.7. The molecule has 3 aromatic rings. The Morgan fingerprint density at radius 2 is 1.57 bits per heavy atom. The highest BCUT2D eigenvalue weighted by Crippen LogP contribution is 2.25. The van der Waals surface area contributed by atoms with Gasteiger partial charge in [0.15, 0.2) is 0 Å². The van der Waals surface area contributed by atoms with Gasteiger partial charge in [0, 0.05) is 31.9 Å². The molecule has 0 aromatic heterocycles. The summed E-state index contributed by atoms with van der Waals surface area (Å²) >= 11 is 0. The van der Waals surface area contributed by atoms with E-state index in [-0.39, 0.29) is 31.1 Å². The van der Waals surface area contributed by atoms with Crippen LogP contribution in [0.2, 0.25) is 0 Å². The van der Waals surface area contributed by atoms with Crippen LogP contribution >= 0.6 is 0 Å². The van der Waals surface area contributed by atoms with E-state index in [4.69, 9.17) is 9.47 Å². The van der Waals surface area contributed by atoms with Crippen LogP contribution in [-0.2, 0) is 26.1 Å². The lowest BCUT2D eigenvalue weighted by Crippen LogP contribution is -2.61. The molecule has 1 aliphatic heterocycles. The van der Waals surface area contributed by atoms with Crippen molar-refractivity contribution in [1.82, 2.24) is 14.5 Å². The number of benzene rings is 3. The van der Waals surface area contributed by atoms with Crippen molar-refractivity contribution in [2.75, 3.05) is 46.3 Å². The molecular formula is C29H32N4O8S.